The molecule has 1 aromatic heterocycles. The number of nitrogens with one attached hydrogen (secondary N) is 1. The van der Waals surface area contributed by atoms with E-state index in [1.54, 1.807) is 7.11 Å². The number of hydrogen-bond acceptors (Lipinski definition) is 3. The molecule has 1 saturated carbocycles. The number of methoxy groups -OCH3 is 1. The average molecular weight is 313 g/mol. The molecule has 1 aromatic carbocycles. The maximum atomic E-state index is 5.26. The minimum atomic E-state index is 0.805. The molecule has 4 heteroatoms. The number of aryl methyl sites for hydroxylation is 1. The third kappa shape index (κ3) is 3.94. The van der Waals surface area contributed by atoms with Gasteiger partial charge in [-0.1, -0.05) is 25.7 Å². The van der Waals surface area contributed by atoms with Gasteiger partial charge in [0.2, 0.25) is 0 Å². The Morgan fingerprint density at radius 2 is 1.96 bits per heavy atom. The van der Waals surface area contributed by atoms with E-state index >= 15 is 0 Å². The summed E-state index contributed by atoms with van der Waals surface area (Å²) in [5.41, 5.74) is 3.51. The van der Waals surface area contributed by atoms with Gasteiger partial charge in [0.15, 0.2) is 0 Å². The molecule has 0 radical (unpaired) electrons. The van der Waals surface area contributed by atoms with Gasteiger partial charge in [0.25, 0.3) is 0 Å². The first-order chi connectivity index (χ1) is 11.3. The van der Waals surface area contributed by atoms with Crippen LogP contribution in [-0.2, 0) is 13.1 Å². The Hall–Kier alpha value is -1.81. The molecule has 1 N–H and O–H groups in total. The van der Waals surface area contributed by atoms with Crippen molar-refractivity contribution in [3.05, 3.63) is 36.0 Å². The second kappa shape index (κ2) is 7.64. The van der Waals surface area contributed by atoms with Gasteiger partial charge in [-0.15, -0.1) is 0 Å². The molecule has 0 saturated heterocycles. The van der Waals surface area contributed by atoms with E-state index in [1.165, 1.54) is 43.4 Å². The minimum absolute atomic E-state index is 0.805. The molecule has 1 aliphatic carbocycles. The average Bonchev–Trinajstić information content (AvgIpc) is 3.23. The molecule has 23 heavy (non-hydrogen) atoms. The fourth-order valence-electron chi connectivity index (χ4n) is 3.51. The van der Waals surface area contributed by atoms with Gasteiger partial charge in [-0.2, -0.15) is 5.10 Å². The molecule has 1 heterocycles. The number of nitrogens with zero attached hydrogens (tertiary/aromatic N) is 2. The first-order valence-corrected chi connectivity index (χ1v) is 8.66. The molecule has 124 valence electrons. The van der Waals surface area contributed by atoms with Crippen LogP contribution in [0.4, 0.5) is 0 Å². The molecular formula is C19H27N3O. The summed E-state index contributed by atoms with van der Waals surface area (Å²) < 4.78 is 7.45. The van der Waals surface area contributed by atoms with Crippen molar-refractivity contribution in [2.75, 3.05) is 14.2 Å². The molecule has 3 rings (SSSR count). The summed E-state index contributed by atoms with van der Waals surface area (Å²) in [6.45, 7) is 1.81. The first kappa shape index (κ1) is 16.1. The summed E-state index contributed by atoms with van der Waals surface area (Å²) in [7, 11) is 3.66. The highest BCUT2D eigenvalue weighted by atomic mass is 16.5. The van der Waals surface area contributed by atoms with E-state index in [1.807, 2.05) is 19.2 Å². The van der Waals surface area contributed by atoms with E-state index in [2.05, 4.69) is 28.2 Å². The molecule has 1 fully saturated rings. The fraction of sp³-hybridized carbons (Fsp3) is 0.526. The van der Waals surface area contributed by atoms with Gasteiger partial charge < -0.3 is 10.1 Å². The maximum Gasteiger partial charge on any atom is 0.118 e. The predicted molar refractivity (Wildman–Crippen MR) is 93.6 cm³/mol. The summed E-state index contributed by atoms with van der Waals surface area (Å²) in [5.74, 6) is 1.77. The summed E-state index contributed by atoms with van der Waals surface area (Å²) in [6.07, 6.45) is 6.83. The SMILES string of the molecule is CNCc1cc(-c2ccc(OC)cc2)n(CCC2CCCC2)n1. The Kier molecular flexibility index (Phi) is 5.34. The van der Waals surface area contributed by atoms with Crippen molar-refractivity contribution in [3.63, 3.8) is 0 Å². The highest BCUT2D eigenvalue weighted by Crippen LogP contribution is 2.29. The van der Waals surface area contributed by atoms with Crippen molar-refractivity contribution >= 4 is 0 Å². The van der Waals surface area contributed by atoms with Crippen LogP contribution in [0, 0.1) is 5.92 Å². The molecule has 0 aliphatic heterocycles. The zero-order valence-corrected chi connectivity index (χ0v) is 14.2. The lowest BCUT2D eigenvalue weighted by Crippen LogP contribution is -2.09. The lowest BCUT2D eigenvalue weighted by molar-refractivity contribution is 0.415. The Labute approximate surface area is 138 Å². The van der Waals surface area contributed by atoms with Crippen LogP contribution in [0.25, 0.3) is 11.3 Å². The van der Waals surface area contributed by atoms with Crippen molar-refractivity contribution in [2.45, 2.75) is 45.2 Å². The number of ether oxygens (including phenoxy) is 1. The lowest BCUT2D eigenvalue weighted by atomic mass is 10.0. The van der Waals surface area contributed by atoms with Crippen LogP contribution in [0.1, 0.15) is 37.8 Å². The summed E-state index contributed by atoms with van der Waals surface area (Å²) in [6, 6.07) is 10.5. The van der Waals surface area contributed by atoms with Crippen molar-refractivity contribution in [2.24, 2.45) is 5.92 Å². The van der Waals surface area contributed by atoms with Crippen LogP contribution in [0.15, 0.2) is 30.3 Å². The van der Waals surface area contributed by atoms with Gasteiger partial charge in [0, 0.05) is 18.7 Å². The first-order valence-electron chi connectivity index (χ1n) is 8.66. The van der Waals surface area contributed by atoms with Crippen molar-refractivity contribution < 1.29 is 4.74 Å². The molecule has 1 aliphatic rings. The minimum Gasteiger partial charge on any atom is -0.497 e. The molecule has 0 amide bonds. The highest BCUT2D eigenvalue weighted by molar-refractivity contribution is 5.61. The molecule has 0 unspecified atom stereocenters. The van der Waals surface area contributed by atoms with Crippen LogP contribution < -0.4 is 10.1 Å². The maximum absolute atomic E-state index is 5.26. The van der Waals surface area contributed by atoms with Gasteiger partial charge in [-0.05, 0) is 49.7 Å². The van der Waals surface area contributed by atoms with Crippen LogP contribution >= 0.6 is 0 Å². The van der Waals surface area contributed by atoms with E-state index in [0.29, 0.717) is 0 Å². The Morgan fingerprint density at radius 1 is 1.22 bits per heavy atom. The van der Waals surface area contributed by atoms with Gasteiger partial charge in [0.1, 0.15) is 5.75 Å². The Balaban J connectivity index is 1.80. The summed E-state index contributed by atoms with van der Waals surface area (Å²) >= 11 is 0. The number of aromatic nitrogens is 2. The zero-order valence-electron chi connectivity index (χ0n) is 14.2. The third-order valence-electron chi connectivity index (χ3n) is 4.80. The second-order valence-electron chi connectivity index (χ2n) is 6.44. The van der Waals surface area contributed by atoms with Crippen molar-refractivity contribution in [1.82, 2.24) is 15.1 Å². The highest BCUT2D eigenvalue weighted by Gasteiger charge is 2.16. The van der Waals surface area contributed by atoms with E-state index in [4.69, 9.17) is 9.84 Å². The third-order valence-corrected chi connectivity index (χ3v) is 4.80. The van der Waals surface area contributed by atoms with E-state index in [-0.39, 0.29) is 0 Å². The van der Waals surface area contributed by atoms with Crippen LogP contribution in [0.2, 0.25) is 0 Å². The van der Waals surface area contributed by atoms with Gasteiger partial charge in [-0.3, -0.25) is 4.68 Å². The van der Waals surface area contributed by atoms with E-state index in [0.717, 1.165) is 30.5 Å². The Bertz CT molecular complexity index is 612. The normalized spacial score (nSPS) is 15.2. The lowest BCUT2D eigenvalue weighted by Gasteiger charge is -2.12. The number of benzene rings is 1. The summed E-state index contributed by atoms with van der Waals surface area (Å²) in [4.78, 5) is 0. The van der Waals surface area contributed by atoms with Crippen LogP contribution in [0.5, 0.6) is 5.75 Å². The van der Waals surface area contributed by atoms with Crippen molar-refractivity contribution in [3.8, 4) is 17.0 Å². The number of rotatable bonds is 7. The molecular weight excluding hydrogens is 286 g/mol. The quantitative estimate of drug-likeness (QED) is 0.843. The largest absolute Gasteiger partial charge is 0.497 e. The standard InChI is InChI=1S/C19H27N3O/c1-20-14-17-13-19(16-7-9-18(23-2)10-8-16)22(21-17)12-11-15-5-3-4-6-15/h7-10,13,15,20H,3-6,11-12,14H2,1-2H3. The van der Waals surface area contributed by atoms with Gasteiger partial charge in [-0.25, -0.2) is 0 Å². The Morgan fingerprint density at radius 3 is 2.61 bits per heavy atom. The monoisotopic (exact) mass is 313 g/mol. The predicted octanol–water partition coefficient (Wildman–Crippen LogP) is 3.86. The van der Waals surface area contributed by atoms with Gasteiger partial charge in [0.05, 0.1) is 18.5 Å². The van der Waals surface area contributed by atoms with Crippen molar-refractivity contribution in [1.29, 1.82) is 0 Å². The summed E-state index contributed by atoms with van der Waals surface area (Å²) in [5, 5.41) is 8.00. The van der Waals surface area contributed by atoms with Crippen LogP contribution in [-0.4, -0.2) is 23.9 Å². The topological polar surface area (TPSA) is 39.1 Å². The van der Waals surface area contributed by atoms with E-state index < -0.39 is 0 Å². The molecule has 0 atom stereocenters. The number of hydrogen-bond donors (Lipinski definition) is 1. The van der Waals surface area contributed by atoms with Crippen LogP contribution in [0.3, 0.4) is 0 Å². The molecule has 4 nitrogen and oxygen atoms in total. The second-order valence-corrected chi connectivity index (χ2v) is 6.44. The molecule has 0 bridgehead atoms. The van der Waals surface area contributed by atoms with E-state index in [9.17, 15) is 0 Å². The molecule has 0 spiro atoms. The zero-order chi connectivity index (χ0) is 16.1. The smallest absolute Gasteiger partial charge is 0.118 e. The van der Waals surface area contributed by atoms with Gasteiger partial charge >= 0.3 is 0 Å². The fourth-order valence-corrected chi connectivity index (χ4v) is 3.51. The molecule has 2 aromatic rings.